The second-order valence-corrected chi connectivity index (χ2v) is 6.45. The van der Waals surface area contributed by atoms with Gasteiger partial charge in [0.1, 0.15) is 0 Å². The van der Waals surface area contributed by atoms with Gasteiger partial charge in [-0.25, -0.2) is 0 Å². The van der Waals surface area contributed by atoms with Crippen LogP contribution < -0.4 is 10.6 Å². The summed E-state index contributed by atoms with van der Waals surface area (Å²) >= 11 is 0. The highest BCUT2D eigenvalue weighted by Crippen LogP contribution is 2.29. The molecule has 5 nitrogen and oxygen atoms in total. The number of nitrogens with zero attached hydrogens (tertiary/aromatic N) is 1. The molecule has 1 unspecified atom stereocenters. The molecular weight excluding hydrogens is 254 g/mol. The Labute approximate surface area is 123 Å². The molecule has 0 aliphatic carbocycles. The first-order valence-corrected chi connectivity index (χ1v) is 7.57. The van der Waals surface area contributed by atoms with Gasteiger partial charge < -0.3 is 20.3 Å². The maximum absolute atomic E-state index is 12.6. The molecule has 0 radical (unpaired) electrons. The quantitative estimate of drug-likeness (QED) is 0.723. The molecule has 1 aliphatic heterocycles. The van der Waals surface area contributed by atoms with Gasteiger partial charge in [-0.1, -0.05) is 13.8 Å². The Bertz CT molecular complexity index is 286. The van der Waals surface area contributed by atoms with Crippen LogP contribution in [-0.4, -0.2) is 64.3 Å². The summed E-state index contributed by atoms with van der Waals surface area (Å²) in [6, 6.07) is 0.361. The molecule has 118 valence electrons. The Morgan fingerprint density at radius 2 is 1.95 bits per heavy atom. The summed E-state index contributed by atoms with van der Waals surface area (Å²) in [6.45, 7) is 7.35. The van der Waals surface area contributed by atoms with Crippen LogP contribution in [0.4, 0.5) is 0 Å². The number of hydrogen-bond donors (Lipinski definition) is 2. The van der Waals surface area contributed by atoms with Crippen molar-refractivity contribution in [2.45, 2.75) is 32.7 Å². The summed E-state index contributed by atoms with van der Waals surface area (Å²) in [6.07, 6.45) is 1.70. The zero-order valence-corrected chi connectivity index (χ0v) is 13.7. The Kier molecular flexibility index (Phi) is 6.92. The van der Waals surface area contributed by atoms with Gasteiger partial charge in [-0.15, -0.1) is 0 Å². The van der Waals surface area contributed by atoms with E-state index in [0.717, 1.165) is 25.9 Å². The summed E-state index contributed by atoms with van der Waals surface area (Å²) in [7, 11) is 5.80. The first-order chi connectivity index (χ1) is 9.43. The molecule has 0 aromatic heterocycles. The lowest BCUT2D eigenvalue weighted by molar-refractivity contribution is -0.136. The maximum Gasteiger partial charge on any atom is 0.228 e. The lowest BCUT2D eigenvalue weighted by Gasteiger charge is -2.37. The van der Waals surface area contributed by atoms with Crippen molar-refractivity contribution in [3.63, 3.8) is 0 Å². The minimum atomic E-state index is -0.353. The van der Waals surface area contributed by atoms with Gasteiger partial charge in [-0.05, 0) is 45.9 Å². The van der Waals surface area contributed by atoms with E-state index < -0.39 is 0 Å². The predicted molar refractivity (Wildman–Crippen MR) is 81.7 cm³/mol. The molecule has 2 N–H and O–H groups in total. The van der Waals surface area contributed by atoms with Gasteiger partial charge >= 0.3 is 0 Å². The van der Waals surface area contributed by atoms with Gasteiger partial charge in [0.15, 0.2) is 0 Å². The molecule has 0 aromatic carbocycles. The van der Waals surface area contributed by atoms with E-state index in [1.165, 1.54) is 0 Å². The fourth-order valence-electron chi connectivity index (χ4n) is 3.02. The summed E-state index contributed by atoms with van der Waals surface area (Å²) in [4.78, 5) is 14.8. The third-order valence-corrected chi connectivity index (χ3v) is 4.37. The van der Waals surface area contributed by atoms with E-state index >= 15 is 0 Å². The van der Waals surface area contributed by atoms with E-state index in [1.54, 1.807) is 7.11 Å². The van der Waals surface area contributed by atoms with Crippen LogP contribution >= 0.6 is 0 Å². The average Bonchev–Trinajstić information content (AvgIpc) is 2.39. The first kappa shape index (κ1) is 17.4. The van der Waals surface area contributed by atoms with Crippen molar-refractivity contribution in [2.75, 3.05) is 47.4 Å². The SMILES string of the molecule is COCC1(C(=O)NCC(C(C)C)N(C)C)CCNCC1. The van der Waals surface area contributed by atoms with Crippen molar-refractivity contribution in [3.8, 4) is 0 Å². The number of amides is 1. The summed E-state index contributed by atoms with van der Waals surface area (Å²) in [5.74, 6) is 0.657. The summed E-state index contributed by atoms with van der Waals surface area (Å²) < 4.78 is 5.31. The maximum atomic E-state index is 12.6. The molecule has 1 fully saturated rings. The minimum Gasteiger partial charge on any atom is -0.384 e. The fraction of sp³-hybridized carbons (Fsp3) is 0.933. The Morgan fingerprint density at radius 3 is 2.40 bits per heavy atom. The number of piperidine rings is 1. The van der Waals surface area contributed by atoms with Gasteiger partial charge in [0.2, 0.25) is 5.91 Å². The second-order valence-electron chi connectivity index (χ2n) is 6.45. The van der Waals surface area contributed by atoms with Gasteiger partial charge in [0, 0.05) is 19.7 Å². The Morgan fingerprint density at radius 1 is 1.35 bits per heavy atom. The molecule has 1 saturated heterocycles. The molecule has 1 atom stereocenters. The van der Waals surface area contributed by atoms with Crippen LogP contribution in [0.3, 0.4) is 0 Å². The third kappa shape index (κ3) is 4.43. The summed E-state index contributed by atoms with van der Waals surface area (Å²) in [5, 5.41) is 6.46. The van der Waals surface area contributed by atoms with Crippen LogP contribution in [0.2, 0.25) is 0 Å². The van der Waals surface area contributed by atoms with Crippen molar-refractivity contribution in [2.24, 2.45) is 11.3 Å². The van der Waals surface area contributed by atoms with Crippen molar-refractivity contribution in [1.82, 2.24) is 15.5 Å². The van der Waals surface area contributed by atoms with Crippen molar-refractivity contribution >= 4 is 5.91 Å². The standard InChI is InChI=1S/C15H31N3O2/c1-12(2)13(18(3)4)10-17-14(19)15(11-20-5)6-8-16-9-7-15/h12-13,16H,6-11H2,1-5H3,(H,17,19). The molecule has 0 spiro atoms. The molecule has 0 bridgehead atoms. The van der Waals surface area contributed by atoms with Crippen molar-refractivity contribution in [3.05, 3.63) is 0 Å². The Hall–Kier alpha value is -0.650. The van der Waals surface area contributed by atoms with Crippen LogP contribution in [0, 0.1) is 11.3 Å². The number of ether oxygens (including phenoxy) is 1. The monoisotopic (exact) mass is 285 g/mol. The second kappa shape index (κ2) is 7.96. The first-order valence-electron chi connectivity index (χ1n) is 7.57. The number of methoxy groups -OCH3 is 1. The zero-order valence-electron chi connectivity index (χ0n) is 13.7. The van der Waals surface area contributed by atoms with Gasteiger partial charge in [0.05, 0.1) is 12.0 Å². The van der Waals surface area contributed by atoms with Crippen LogP contribution in [0.25, 0.3) is 0 Å². The van der Waals surface area contributed by atoms with Crippen LogP contribution in [-0.2, 0) is 9.53 Å². The molecule has 1 amide bonds. The van der Waals surface area contributed by atoms with Gasteiger partial charge in [-0.3, -0.25) is 4.79 Å². The van der Waals surface area contributed by atoms with E-state index in [1.807, 2.05) is 0 Å². The van der Waals surface area contributed by atoms with Crippen molar-refractivity contribution in [1.29, 1.82) is 0 Å². The highest BCUT2D eigenvalue weighted by atomic mass is 16.5. The summed E-state index contributed by atoms with van der Waals surface area (Å²) in [5.41, 5.74) is -0.353. The molecule has 0 saturated carbocycles. The Balaban J connectivity index is 2.62. The molecule has 20 heavy (non-hydrogen) atoms. The number of likely N-dealkylation sites (N-methyl/N-ethyl adjacent to an activating group) is 1. The highest BCUT2D eigenvalue weighted by Gasteiger charge is 2.39. The largest absolute Gasteiger partial charge is 0.384 e. The van der Waals surface area contributed by atoms with Crippen LogP contribution in [0.5, 0.6) is 0 Å². The van der Waals surface area contributed by atoms with Crippen molar-refractivity contribution < 1.29 is 9.53 Å². The van der Waals surface area contributed by atoms with Gasteiger partial charge in [-0.2, -0.15) is 0 Å². The van der Waals surface area contributed by atoms with E-state index in [-0.39, 0.29) is 11.3 Å². The highest BCUT2D eigenvalue weighted by molar-refractivity contribution is 5.83. The predicted octanol–water partition coefficient (Wildman–Crippen LogP) is 0.705. The number of nitrogens with one attached hydrogen (secondary N) is 2. The molecule has 1 heterocycles. The fourth-order valence-corrected chi connectivity index (χ4v) is 3.02. The topological polar surface area (TPSA) is 53.6 Å². The average molecular weight is 285 g/mol. The smallest absolute Gasteiger partial charge is 0.228 e. The third-order valence-electron chi connectivity index (χ3n) is 4.37. The zero-order chi connectivity index (χ0) is 15.2. The van der Waals surface area contributed by atoms with E-state index in [0.29, 0.717) is 25.1 Å². The van der Waals surface area contributed by atoms with Crippen LogP contribution in [0.1, 0.15) is 26.7 Å². The lowest BCUT2D eigenvalue weighted by Crippen LogP contribution is -2.53. The molecule has 5 heteroatoms. The molecule has 1 aliphatic rings. The number of hydrogen-bond acceptors (Lipinski definition) is 4. The molecule has 1 rings (SSSR count). The van der Waals surface area contributed by atoms with E-state index in [9.17, 15) is 4.79 Å². The lowest BCUT2D eigenvalue weighted by atomic mass is 9.78. The minimum absolute atomic E-state index is 0.147. The molecule has 0 aromatic rings. The normalized spacial score (nSPS) is 20.1. The van der Waals surface area contributed by atoms with Crippen LogP contribution in [0.15, 0.2) is 0 Å². The number of carbonyl (C=O) groups excluding carboxylic acids is 1. The number of carbonyl (C=O) groups is 1. The molecular formula is C15H31N3O2. The van der Waals surface area contributed by atoms with E-state index in [2.05, 4.69) is 43.5 Å². The number of rotatable bonds is 7. The van der Waals surface area contributed by atoms with Gasteiger partial charge in [0.25, 0.3) is 0 Å². The van der Waals surface area contributed by atoms with E-state index in [4.69, 9.17) is 4.74 Å².